The van der Waals surface area contributed by atoms with Crippen molar-refractivity contribution in [3.63, 3.8) is 0 Å². The zero-order valence-electron chi connectivity index (χ0n) is 19.6. The van der Waals surface area contributed by atoms with Gasteiger partial charge in [-0.15, -0.1) is 0 Å². The van der Waals surface area contributed by atoms with Gasteiger partial charge in [0.25, 0.3) is 11.5 Å². The van der Waals surface area contributed by atoms with Crippen molar-refractivity contribution >= 4 is 39.5 Å². The molecule has 4 aromatic rings. The molecule has 0 spiro atoms. The molecule has 4 rings (SSSR count). The van der Waals surface area contributed by atoms with E-state index in [-0.39, 0.29) is 18.4 Å². The van der Waals surface area contributed by atoms with Gasteiger partial charge in [0, 0.05) is 12.0 Å². The number of carboxylic acid groups (broad SMARTS) is 2. The minimum Gasteiger partial charge on any atom is -0.481 e. The van der Waals surface area contributed by atoms with Gasteiger partial charge in [-0.05, 0) is 66.3 Å². The van der Waals surface area contributed by atoms with Gasteiger partial charge in [0.1, 0.15) is 11.9 Å². The van der Waals surface area contributed by atoms with Crippen molar-refractivity contribution in [1.82, 2.24) is 15.3 Å². The van der Waals surface area contributed by atoms with Crippen LogP contribution in [-0.2, 0) is 22.4 Å². The minimum atomic E-state index is -1.28. The Balaban J connectivity index is 1.45. The highest BCUT2D eigenvalue weighted by Crippen LogP contribution is 2.23. The van der Waals surface area contributed by atoms with E-state index in [4.69, 9.17) is 5.11 Å². The summed E-state index contributed by atoms with van der Waals surface area (Å²) in [6, 6.07) is 15.4. The minimum absolute atomic E-state index is 0.165. The second-order valence-electron chi connectivity index (χ2n) is 8.66. The summed E-state index contributed by atoms with van der Waals surface area (Å²) < 4.78 is 0. The Morgan fingerprint density at radius 2 is 1.64 bits per heavy atom. The van der Waals surface area contributed by atoms with E-state index in [2.05, 4.69) is 15.3 Å². The lowest BCUT2D eigenvalue weighted by Crippen LogP contribution is -2.41. The number of H-pyrrole nitrogens is 1. The highest BCUT2D eigenvalue weighted by Gasteiger charge is 2.21. The van der Waals surface area contributed by atoms with E-state index in [1.54, 1.807) is 31.2 Å². The van der Waals surface area contributed by atoms with Crippen LogP contribution in [0.3, 0.4) is 0 Å². The molecule has 36 heavy (non-hydrogen) atoms. The van der Waals surface area contributed by atoms with Crippen LogP contribution in [0, 0.1) is 6.92 Å². The van der Waals surface area contributed by atoms with Gasteiger partial charge >= 0.3 is 11.9 Å². The Morgan fingerprint density at radius 3 is 2.33 bits per heavy atom. The van der Waals surface area contributed by atoms with Gasteiger partial charge in [0.2, 0.25) is 0 Å². The molecule has 184 valence electrons. The van der Waals surface area contributed by atoms with Gasteiger partial charge in [0.15, 0.2) is 0 Å². The number of nitrogens with one attached hydrogen (secondary N) is 2. The second kappa shape index (κ2) is 10.4. The van der Waals surface area contributed by atoms with E-state index < -0.39 is 23.9 Å². The van der Waals surface area contributed by atoms with Crippen molar-refractivity contribution in [1.29, 1.82) is 0 Å². The molecule has 0 radical (unpaired) electrons. The van der Waals surface area contributed by atoms with Gasteiger partial charge in [-0.25, -0.2) is 9.78 Å². The van der Waals surface area contributed by atoms with Crippen LogP contribution in [0.5, 0.6) is 0 Å². The van der Waals surface area contributed by atoms with Crippen molar-refractivity contribution in [3.05, 3.63) is 87.5 Å². The van der Waals surface area contributed by atoms with E-state index in [1.165, 1.54) is 0 Å². The molecule has 0 fully saturated rings. The Kier molecular flexibility index (Phi) is 7.10. The third-order valence-corrected chi connectivity index (χ3v) is 6.04. The lowest BCUT2D eigenvalue weighted by atomic mass is 9.98. The van der Waals surface area contributed by atoms with E-state index in [9.17, 15) is 24.3 Å². The zero-order valence-corrected chi connectivity index (χ0v) is 19.6. The molecule has 0 aliphatic rings. The fourth-order valence-electron chi connectivity index (χ4n) is 4.16. The summed E-state index contributed by atoms with van der Waals surface area (Å²) in [5.74, 6) is -2.41. The normalized spacial score (nSPS) is 11.9. The van der Waals surface area contributed by atoms with Crippen LogP contribution in [0.15, 0.2) is 59.4 Å². The first-order valence-corrected chi connectivity index (χ1v) is 11.5. The van der Waals surface area contributed by atoms with E-state index in [0.717, 1.165) is 21.9 Å². The highest BCUT2D eigenvalue weighted by molar-refractivity contribution is 6.05. The Hall–Kier alpha value is -4.53. The number of fused-ring (bicyclic) bond motifs is 3. The van der Waals surface area contributed by atoms with Gasteiger partial charge in [-0.2, -0.15) is 0 Å². The number of carboxylic acids is 2. The lowest BCUT2D eigenvalue weighted by Gasteiger charge is -2.13. The molecule has 3 aromatic carbocycles. The number of aryl methyl sites for hydroxylation is 3. The van der Waals surface area contributed by atoms with Crippen LogP contribution >= 0.6 is 0 Å². The average molecular weight is 488 g/mol. The molecular weight excluding hydrogens is 462 g/mol. The standard InChI is InChI=1S/C27H25N3O6/c1-15-28-21-11-10-18-7-6-17(14-20(18)24(21)26(34)29-15)3-2-16-4-8-19(9-5-16)25(33)30-22(27(35)36)12-13-23(31)32/h4-11,14,22H,2-3,12-13H2,1H3,(H,30,33)(H,31,32)(H,35,36)(H,28,29,34)/t22-/m0/s1. The third kappa shape index (κ3) is 5.57. The quantitative estimate of drug-likeness (QED) is 0.265. The molecule has 1 heterocycles. The first kappa shape index (κ1) is 24.6. The van der Waals surface area contributed by atoms with Gasteiger partial charge in [0.05, 0.1) is 10.9 Å². The first-order valence-electron chi connectivity index (χ1n) is 11.5. The molecule has 0 aliphatic heterocycles. The number of nitrogens with zero attached hydrogens (tertiary/aromatic N) is 1. The number of hydrogen-bond acceptors (Lipinski definition) is 5. The summed E-state index contributed by atoms with van der Waals surface area (Å²) in [7, 11) is 0. The second-order valence-corrected chi connectivity index (χ2v) is 8.66. The van der Waals surface area contributed by atoms with Crippen molar-refractivity contribution in [2.45, 2.75) is 38.6 Å². The maximum atomic E-state index is 12.6. The molecule has 9 nitrogen and oxygen atoms in total. The van der Waals surface area contributed by atoms with Gasteiger partial charge in [-0.3, -0.25) is 14.4 Å². The molecule has 1 amide bonds. The van der Waals surface area contributed by atoms with Crippen LogP contribution < -0.4 is 10.9 Å². The summed E-state index contributed by atoms with van der Waals surface area (Å²) in [5.41, 5.74) is 2.82. The van der Waals surface area contributed by atoms with Crippen LogP contribution in [0.1, 0.15) is 40.2 Å². The number of hydrogen-bond donors (Lipinski definition) is 4. The summed E-state index contributed by atoms with van der Waals surface area (Å²) in [6.45, 7) is 1.75. The molecule has 0 bridgehead atoms. The maximum Gasteiger partial charge on any atom is 0.326 e. The molecule has 0 saturated heterocycles. The molecule has 1 atom stereocenters. The smallest absolute Gasteiger partial charge is 0.326 e. The monoisotopic (exact) mass is 487 g/mol. The number of carbonyl (C=O) groups excluding carboxylic acids is 1. The third-order valence-electron chi connectivity index (χ3n) is 6.04. The molecule has 0 aliphatic carbocycles. The number of aromatic nitrogens is 2. The maximum absolute atomic E-state index is 12.6. The summed E-state index contributed by atoms with van der Waals surface area (Å²) in [5, 5.41) is 22.7. The number of carbonyl (C=O) groups is 3. The highest BCUT2D eigenvalue weighted by atomic mass is 16.4. The first-order chi connectivity index (χ1) is 17.2. The van der Waals surface area contributed by atoms with E-state index in [1.807, 2.05) is 30.3 Å². The van der Waals surface area contributed by atoms with Crippen LogP contribution in [0.2, 0.25) is 0 Å². The van der Waals surface area contributed by atoms with Crippen molar-refractivity contribution < 1.29 is 24.6 Å². The van der Waals surface area contributed by atoms with Crippen molar-refractivity contribution in [3.8, 4) is 0 Å². The summed E-state index contributed by atoms with van der Waals surface area (Å²) in [4.78, 5) is 54.2. The topological polar surface area (TPSA) is 149 Å². The molecule has 4 N–H and O–H groups in total. The number of aliphatic carboxylic acids is 2. The van der Waals surface area contributed by atoms with Gasteiger partial charge in [-0.1, -0.05) is 36.4 Å². The van der Waals surface area contributed by atoms with Crippen LogP contribution in [0.25, 0.3) is 21.7 Å². The predicted molar refractivity (Wildman–Crippen MR) is 134 cm³/mol. The Morgan fingerprint density at radius 1 is 0.972 bits per heavy atom. The fraction of sp³-hybridized carbons (Fsp3) is 0.222. The van der Waals surface area contributed by atoms with Gasteiger partial charge < -0.3 is 20.5 Å². The number of aromatic amines is 1. The number of rotatable bonds is 9. The van der Waals surface area contributed by atoms with Crippen LogP contribution in [-0.4, -0.2) is 44.1 Å². The zero-order chi connectivity index (χ0) is 25.8. The molecule has 0 saturated carbocycles. The molecule has 9 heteroatoms. The van der Waals surface area contributed by atoms with Crippen molar-refractivity contribution in [2.75, 3.05) is 0 Å². The lowest BCUT2D eigenvalue weighted by molar-refractivity contribution is -0.140. The summed E-state index contributed by atoms with van der Waals surface area (Å²) in [6.07, 6.45) is 0.857. The largest absolute Gasteiger partial charge is 0.481 e. The Labute approximate surface area is 205 Å². The summed E-state index contributed by atoms with van der Waals surface area (Å²) >= 11 is 0. The van der Waals surface area contributed by atoms with E-state index >= 15 is 0 Å². The number of amides is 1. The average Bonchev–Trinajstić information content (AvgIpc) is 2.84. The van der Waals surface area contributed by atoms with Crippen LogP contribution in [0.4, 0.5) is 0 Å². The number of benzene rings is 3. The fourth-order valence-corrected chi connectivity index (χ4v) is 4.16. The van der Waals surface area contributed by atoms with E-state index in [0.29, 0.717) is 35.1 Å². The molecule has 0 unspecified atom stereocenters. The Bertz CT molecular complexity index is 1520. The predicted octanol–water partition coefficient (Wildman–Crippen LogP) is 3.22. The molecular formula is C27H25N3O6. The SMILES string of the molecule is Cc1nc2ccc3ccc(CCc4ccc(C(=O)N[C@@H](CCC(=O)O)C(=O)O)cc4)cc3c2c(=O)[nH]1. The van der Waals surface area contributed by atoms with Crippen molar-refractivity contribution in [2.24, 2.45) is 0 Å². The molecule has 1 aromatic heterocycles.